The Balaban J connectivity index is 1.56. The number of aliphatic hydroxyl groups excluding tert-OH is 1. The monoisotopic (exact) mass is 406 g/mol. The lowest BCUT2D eigenvalue weighted by molar-refractivity contribution is 0.201. The summed E-state index contributed by atoms with van der Waals surface area (Å²) in [7, 11) is 0. The first kappa shape index (κ1) is 19.1. The molecule has 0 fully saturated rings. The summed E-state index contributed by atoms with van der Waals surface area (Å²) in [5, 5.41) is 9.62. The molecule has 4 aromatic rings. The fourth-order valence-electron chi connectivity index (χ4n) is 2.94. The van der Waals surface area contributed by atoms with E-state index in [1.54, 1.807) is 18.5 Å². The Kier molecular flexibility index (Phi) is 5.79. The van der Waals surface area contributed by atoms with Gasteiger partial charge in [0.2, 0.25) is 0 Å². The number of halogens is 1. The van der Waals surface area contributed by atoms with Gasteiger partial charge in [-0.3, -0.25) is 4.57 Å². The maximum atomic E-state index is 8.95. The van der Waals surface area contributed by atoms with Gasteiger partial charge in [-0.15, -0.1) is 0 Å². The first-order chi connectivity index (χ1) is 14.2. The molecule has 5 nitrogen and oxygen atoms in total. The van der Waals surface area contributed by atoms with Gasteiger partial charge in [-0.25, -0.2) is 4.98 Å². The van der Waals surface area contributed by atoms with Gasteiger partial charge in [-0.1, -0.05) is 23.7 Å². The molecule has 0 amide bonds. The minimum atomic E-state index is -0.0212. The lowest BCUT2D eigenvalue weighted by Gasteiger charge is -2.11. The van der Waals surface area contributed by atoms with Crippen LogP contribution in [0.25, 0.3) is 16.9 Å². The van der Waals surface area contributed by atoms with Gasteiger partial charge in [0, 0.05) is 16.3 Å². The zero-order chi connectivity index (χ0) is 20.1. The Hall–Kier alpha value is -3.28. The number of aromatic nitrogens is 2. The second-order valence-electron chi connectivity index (χ2n) is 6.30. The van der Waals surface area contributed by atoms with Crippen LogP contribution in [0.4, 0.5) is 0 Å². The Morgan fingerprint density at radius 2 is 1.62 bits per heavy atom. The second-order valence-corrected chi connectivity index (χ2v) is 6.74. The van der Waals surface area contributed by atoms with Crippen LogP contribution >= 0.6 is 11.6 Å². The van der Waals surface area contributed by atoms with Crippen molar-refractivity contribution in [2.24, 2.45) is 0 Å². The molecule has 0 spiro atoms. The topological polar surface area (TPSA) is 56.5 Å². The Morgan fingerprint density at radius 1 is 0.897 bits per heavy atom. The van der Waals surface area contributed by atoms with E-state index in [2.05, 4.69) is 4.98 Å². The molecule has 0 aliphatic carbocycles. The molecular formula is C23H19ClN2O3. The minimum absolute atomic E-state index is 0.0212. The van der Waals surface area contributed by atoms with Crippen molar-refractivity contribution < 1.29 is 14.6 Å². The third-order valence-corrected chi connectivity index (χ3v) is 4.54. The Labute approximate surface area is 173 Å². The van der Waals surface area contributed by atoms with Gasteiger partial charge in [-0.2, -0.15) is 0 Å². The van der Waals surface area contributed by atoms with Crippen LogP contribution in [0, 0.1) is 0 Å². The quantitative estimate of drug-likeness (QED) is 0.449. The summed E-state index contributed by atoms with van der Waals surface area (Å²) in [6, 6.07) is 22.7. The van der Waals surface area contributed by atoms with Crippen molar-refractivity contribution >= 4 is 11.6 Å². The van der Waals surface area contributed by atoms with E-state index in [4.69, 9.17) is 26.2 Å². The molecule has 0 unspecified atom stereocenters. The van der Waals surface area contributed by atoms with E-state index in [-0.39, 0.29) is 13.2 Å². The highest BCUT2D eigenvalue weighted by atomic mass is 35.5. The van der Waals surface area contributed by atoms with Crippen LogP contribution in [0.1, 0.15) is 0 Å². The van der Waals surface area contributed by atoms with Crippen LogP contribution in [0.15, 0.2) is 85.3 Å². The van der Waals surface area contributed by atoms with Crippen molar-refractivity contribution in [2.45, 2.75) is 0 Å². The van der Waals surface area contributed by atoms with E-state index in [1.807, 2.05) is 71.4 Å². The largest absolute Gasteiger partial charge is 0.491 e. The van der Waals surface area contributed by atoms with Gasteiger partial charge in [-0.05, 0) is 60.7 Å². The van der Waals surface area contributed by atoms with Gasteiger partial charge >= 0.3 is 0 Å². The van der Waals surface area contributed by atoms with Crippen molar-refractivity contribution in [3.63, 3.8) is 0 Å². The molecule has 1 N–H and O–H groups in total. The maximum Gasteiger partial charge on any atom is 0.127 e. The summed E-state index contributed by atoms with van der Waals surface area (Å²) in [4.78, 5) is 4.30. The molecule has 0 aliphatic rings. The summed E-state index contributed by atoms with van der Waals surface area (Å²) in [6.45, 7) is 0.240. The molecule has 0 saturated heterocycles. The van der Waals surface area contributed by atoms with Crippen LogP contribution in [0.2, 0.25) is 5.02 Å². The van der Waals surface area contributed by atoms with Crippen LogP contribution in [0.5, 0.6) is 17.2 Å². The lowest BCUT2D eigenvalue weighted by Crippen LogP contribution is -2.01. The maximum absolute atomic E-state index is 8.95. The van der Waals surface area contributed by atoms with E-state index in [1.165, 1.54) is 0 Å². The number of ether oxygens (including phenoxy) is 2. The summed E-state index contributed by atoms with van der Waals surface area (Å²) >= 11 is 5.91. The van der Waals surface area contributed by atoms with Gasteiger partial charge in [0.15, 0.2) is 0 Å². The molecular weight excluding hydrogens is 388 g/mol. The molecule has 1 heterocycles. The molecule has 146 valence electrons. The summed E-state index contributed by atoms with van der Waals surface area (Å²) in [5.41, 5.74) is 2.87. The zero-order valence-electron chi connectivity index (χ0n) is 15.5. The number of benzene rings is 3. The number of imidazole rings is 1. The highest BCUT2D eigenvalue weighted by molar-refractivity contribution is 6.30. The van der Waals surface area contributed by atoms with E-state index >= 15 is 0 Å². The van der Waals surface area contributed by atoms with Crippen LogP contribution < -0.4 is 9.47 Å². The van der Waals surface area contributed by atoms with Crippen molar-refractivity contribution in [1.82, 2.24) is 9.55 Å². The van der Waals surface area contributed by atoms with Crippen LogP contribution in [-0.2, 0) is 0 Å². The fourth-order valence-corrected chi connectivity index (χ4v) is 3.06. The summed E-state index contributed by atoms with van der Waals surface area (Å²) in [5.74, 6) is 2.17. The molecule has 0 atom stereocenters. The number of hydrogen-bond acceptors (Lipinski definition) is 4. The fraction of sp³-hybridized carbons (Fsp3) is 0.0870. The number of rotatable bonds is 7. The van der Waals surface area contributed by atoms with Crippen molar-refractivity contribution in [2.75, 3.05) is 13.2 Å². The van der Waals surface area contributed by atoms with E-state index in [9.17, 15) is 0 Å². The van der Waals surface area contributed by atoms with Crippen LogP contribution in [-0.4, -0.2) is 27.9 Å². The Morgan fingerprint density at radius 3 is 2.34 bits per heavy atom. The molecule has 3 aromatic carbocycles. The van der Waals surface area contributed by atoms with Gasteiger partial charge < -0.3 is 14.6 Å². The number of nitrogens with zero attached hydrogens (tertiary/aromatic N) is 2. The molecule has 1 aromatic heterocycles. The van der Waals surface area contributed by atoms with Gasteiger partial charge in [0.05, 0.1) is 24.8 Å². The normalized spacial score (nSPS) is 10.7. The molecule has 0 bridgehead atoms. The highest BCUT2D eigenvalue weighted by Crippen LogP contribution is 2.28. The third kappa shape index (κ3) is 4.59. The average molecular weight is 407 g/mol. The number of hydrogen-bond donors (Lipinski definition) is 1. The summed E-state index contributed by atoms with van der Waals surface area (Å²) in [6.07, 6.45) is 3.58. The number of aliphatic hydroxyl groups is 1. The molecule has 0 aliphatic heterocycles. The standard InChI is InChI=1S/C23H19ClN2O3/c24-18-4-8-20(9-5-18)29-21-10-6-19(7-11-21)26-16-25-15-23(26)17-2-1-3-22(14-17)28-13-12-27/h1-11,14-16,27H,12-13H2. The third-order valence-electron chi connectivity index (χ3n) is 4.29. The van der Waals surface area contributed by atoms with Gasteiger partial charge in [0.25, 0.3) is 0 Å². The first-order valence-corrected chi connectivity index (χ1v) is 9.51. The summed E-state index contributed by atoms with van der Waals surface area (Å²) < 4.78 is 13.4. The zero-order valence-corrected chi connectivity index (χ0v) is 16.3. The van der Waals surface area contributed by atoms with Crippen molar-refractivity contribution in [3.05, 3.63) is 90.3 Å². The van der Waals surface area contributed by atoms with Crippen LogP contribution in [0.3, 0.4) is 0 Å². The smallest absolute Gasteiger partial charge is 0.127 e. The van der Waals surface area contributed by atoms with Crippen molar-refractivity contribution in [3.8, 4) is 34.2 Å². The average Bonchev–Trinajstić information content (AvgIpc) is 3.25. The minimum Gasteiger partial charge on any atom is -0.491 e. The van der Waals surface area contributed by atoms with E-state index in [0.29, 0.717) is 10.8 Å². The molecule has 0 radical (unpaired) electrons. The predicted octanol–water partition coefficient (Wildman–Crippen LogP) is 5.36. The van der Waals surface area contributed by atoms with Crippen molar-refractivity contribution in [1.29, 1.82) is 0 Å². The van der Waals surface area contributed by atoms with Gasteiger partial charge in [0.1, 0.15) is 23.9 Å². The molecule has 6 heteroatoms. The van der Waals surface area contributed by atoms with E-state index < -0.39 is 0 Å². The van der Waals surface area contributed by atoms with E-state index in [0.717, 1.165) is 28.4 Å². The molecule has 29 heavy (non-hydrogen) atoms. The molecule has 0 saturated carbocycles. The second kappa shape index (κ2) is 8.82. The molecule has 4 rings (SSSR count). The highest BCUT2D eigenvalue weighted by Gasteiger charge is 2.09. The lowest BCUT2D eigenvalue weighted by atomic mass is 10.1. The first-order valence-electron chi connectivity index (χ1n) is 9.13. The Bertz CT molecular complexity index is 1080. The SMILES string of the molecule is OCCOc1cccc(-c2cncn2-c2ccc(Oc3ccc(Cl)cc3)cc2)c1. The predicted molar refractivity (Wildman–Crippen MR) is 113 cm³/mol.